The summed E-state index contributed by atoms with van der Waals surface area (Å²) in [6.07, 6.45) is 0. The highest BCUT2D eigenvalue weighted by Gasteiger charge is 2.32. The van der Waals surface area contributed by atoms with Gasteiger partial charge in [0.15, 0.2) is 0 Å². The van der Waals surface area contributed by atoms with E-state index in [1.165, 1.54) is 0 Å². The summed E-state index contributed by atoms with van der Waals surface area (Å²) in [7, 11) is 1.62. The summed E-state index contributed by atoms with van der Waals surface area (Å²) in [6.45, 7) is 0.995. The second-order valence-electron chi connectivity index (χ2n) is 6.16. The van der Waals surface area contributed by atoms with Gasteiger partial charge in [-0.3, -0.25) is 9.59 Å². The molecule has 1 atom stereocenters. The topological polar surface area (TPSA) is 67.9 Å². The molecule has 1 aliphatic heterocycles. The second-order valence-corrected chi connectivity index (χ2v) is 6.16. The molecule has 0 unspecified atom stereocenters. The van der Waals surface area contributed by atoms with Gasteiger partial charge in [0.1, 0.15) is 11.8 Å². The largest absolute Gasteiger partial charge is 0.497 e. The van der Waals surface area contributed by atoms with Gasteiger partial charge in [-0.15, -0.1) is 0 Å². The highest BCUT2D eigenvalue weighted by atomic mass is 16.5. The molecule has 0 bridgehead atoms. The second kappa shape index (κ2) is 8.49. The Hall–Kier alpha value is -2.86. The molecule has 1 heterocycles. The molecule has 0 saturated carbocycles. The Morgan fingerprint density at radius 3 is 2.46 bits per heavy atom. The number of benzene rings is 2. The number of ether oxygens (including phenoxy) is 2. The first-order valence-corrected chi connectivity index (χ1v) is 8.48. The average molecular weight is 354 g/mol. The number of carbonyl (C=O) groups excluding carboxylic acids is 2. The Morgan fingerprint density at radius 2 is 1.77 bits per heavy atom. The highest BCUT2D eigenvalue weighted by Crippen LogP contribution is 2.13. The maximum Gasteiger partial charge on any atom is 0.248 e. The lowest BCUT2D eigenvalue weighted by atomic mass is 10.1. The predicted octanol–water partition coefficient (Wildman–Crippen LogP) is 1.74. The van der Waals surface area contributed by atoms with Crippen molar-refractivity contribution >= 4 is 11.8 Å². The molecule has 136 valence electrons. The zero-order chi connectivity index (χ0) is 18.4. The SMILES string of the molecule is COc1ccc(COC[C@@H]2NC(=O)CN(Cc3ccccc3)C2=O)cc1. The van der Waals surface area contributed by atoms with Crippen molar-refractivity contribution in [3.63, 3.8) is 0 Å². The van der Waals surface area contributed by atoms with Gasteiger partial charge in [0.2, 0.25) is 11.8 Å². The molecule has 2 amide bonds. The molecule has 1 saturated heterocycles. The fourth-order valence-electron chi connectivity index (χ4n) is 2.84. The Kier molecular flexibility index (Phi) is 5.86. The third-order valence-corrected chi connectivity index (χ3v) is 4.21. The van der Waals surface area contributed by atoms with Crippen molar-refractivity contribution in [1.82, 2.24) is 10.2 Å². The number of hydrogen-bond acceptors (Lipinski definition) is 4. The van der Waals surface area contributed by atoms with E-state index in [1.807, 2.05) is 54.6 Å². The quantitative estimate of drug-likeness (QED) is 0.822. The standard InChI is InChI=1S/C20H22N2O4/c1-25-17-9-7-16(8-10-17)13-26-14-18-20(24)22(12-19(23)21-18)11-15-5-3-2-4-6-15/h2-10,18H,11-14H2,1H3,(H,21,23)/t18-/m0/s1. The molecular formula is C20H22N2O4. The van der Waals surface area contributed by atoms with Crippen LogP contribution in [0.4, 0.5) is 0 Å². The zero-order valence-corrected chi connectivity index (χ0v) is 14.7. The Morgan fingerprint density at radius 1 is 1.04 bits per heavy atom. The number of piperazine rings is 1. The van der Waals surface area contributed by atoms with Gasteiger partial charge in [-0.1, -0.05) is 42.5 Å². The van der Waals surface area contributed by atoms with Crippen LogP contribution in [0.15, 0.2) is 54.6 Å². The molecule has 3 rings (SSSR count). The van der Waals surface area contributed by atoms with Crippen LogP contribution in [0, 0.1) is 0 Å². The zero-order valence-electron chi connectivity index (χ0n) is 14.7. The number of hydrogen-bond donors (Lipinski definition) is 1. The van der Waals surface area contributed by atoms with Crippen molar-refractivity contribution in [1.29, 1.82) is 0 Å². The van der Waals surface area contributed by atoms with E-state index in [4.69, 9.17) is 9.47 Å². The molecule has 0 spiro atoms. The third kappa shape index (κ3) is 4.61. The van der Waals surface area contributed by atoms with Gasteiger partial charge in [0.05, 0.1) is 26.9 Å². The van der Waals surface area contributed by atoms with Crippen molar-refractivity contribution in [2.75, 3.05) is 20.3 Å². The molecule has 0 aromatic heterocycles. The minimum absolute atomic E-state index is 0.0721. The van der Waals surface area contributed by atoms with Crippen LogP contribution in [0.1, 0.15) is 11.1 Å². The van der Waals surface area contributed by atoms with Crippen molar-refractivity contribution in [3.8, 4) is 5.75 Å². The Labute approximate surface area is 152 Å². The molecule has 26 heavy (non-hydrogen) atoms. The van der Waals surface area contributed by atoms with Crippen molar-refractivity contribution in [2.24, 2.45) is 0 Å². The average Bonchev–Trinajstić information content (AvgIpc) is 2.66. The monoisotopic (exact) mass is 354 g/mol. The van der Waals surface area contributed by atoms with Crippen molar-refractivity contribution in [3.05, 3.63) is 65.7 Å². The summed E-state index contributed by atoms with van der Waals surface area (Å²) in [5.41, 5.74) is 1.97. The van der Waals surface area contributed by atoms with Crippen LogP contribution in [0.2, 0.25) is 0 Å². The van der Waals surface area contributed by atoms with E-state index in [0.717, 1.165) is 16.9 Å². The summed E-state index contributed by atoms with van der Waals surface area (Å²) in [6, 6.07) is 16.5. The first-order valence-electron chi connectivity index (χ1n) is 8.48. The van der Waals surface area contributed by atoms with Gasteiger partial charge >= 0.3 is 0 Å². The first kappa shape index (κ1) is 17.9. The van der Waals surface area contributed by atoms with Crippen LogP contribution in [0.25, 0.3) is 0 Å². The van der Waals surface area contributed by atoms with Crippen molar-refractivity contribution in [2.45, 2.75) is 19.2 Å². The Bertz CT molecular complexity index is 746. The first-order chi connectivity index (χ1) is 12.7. The number of nitrogens with one attached hydrogen (secondary N) is 1. The summed E-state index contributed by atoms with van der Waals surface area (Å²) in [5.74, 6) is 0.488. The number of carbonyl (C=O) groups is 2. The van der Waals surface area contributed by atoms with Crippen LogP contribution in [-0.2, 0) is 27.5 Å². The van der Waals surface area contributed by atoms with E-state index in [-0.39, 0.29) is 25.0 Å². The maximum atomic E-state index is 12.6. The molecule has 0 radical (unpaired) electrons. The van der Waals surface area contributed by atoms with Gasteiger partial charge in [0, 0.05) is 6.54 Å². The summed E-state index contributed by atoms with van der Waals surface area (Å²) in [5, 5.41) is 2.71. The fourth-order valence-corrected chi connectivity index (χ4v) is 2.84. The van der Waals surface area contributed by atoms with Gasteiger partial charge < -0.3 is 19.7 Å². The third-order valence-electron chi connectivity index (χ3n) is 4.21. The van der Waals surface area contributed by atoms with Crippen LogP contribution in [0.3, 0.4) is 0 Å². The summed E-state index contributed by atoms with van der Waals surface area (Å²) in [4.78, 5) is 26.1. The van der Waals surface area contributed by atoms with Gasteiger partial charge in [0.25, 0.3) is 0 Å². The smallest absolute Gasteiger partial charge is 0.248 e. The molecule has 0 aliphatic carbocycles. The number of amides is 2. The highest BCUT2D eigenvalue weighted by molar-refractivity contribution is 5.94. The van der Waals surface area contributed by atoms with E-state index in [0.29, 0.717) is 13.2 Å². The molecule has 2 aromatic rings. The fraction of sp³-hybridized carbons (Fsp3) is 0.300. The van der Waals surface area contributed by atoms with E-state index in [9.17, 15) is 9.59 Å². The molecule has 1 aliphatic rings. The molecule has 1 fully saturated rings. The van der Waals surface area contributed by atoms with Gasteiger partial charge in [-0.05, 0) is 23.3 Å². The molecule has 2 aromatic carbocycles. The van der Waals surface area contributed by atoms with Crippen LogP contribution in [-0.4, -0.2) is 43.0 Å². The predicted molar refractivity (Wildman–Crippen MR) is 96.4 cm³/mol. The molecule has 6 nitrogen and oxygen atoms in total. The number of rotatable bonds is 7. The maximum absolute atomic E-state index is 12.6. The van der Waals surface area contributed by atoms with E-state index < -0.39 is 6.04 Å². The Balaban J connectivity index is 1.54. The summed E-state index contributed by atoms with van der Waals surface area (Å²) >= 11 is 0. The van der Waals surface area contributed by atoms with E-state index in [2.05, 4.69) is 5.32 Å². The lowest BCUT2D eigenvalue weighted by Crippen LogP contribution is -2.59. The normalized spacial score (nSPS) is 17.1. The van der Waals surface area contributed by atoms with Crippen molar-refractivity contribution < 1.29 is 19.1 Å². The van der Waals surface area contributed by atoms with Gasteiger partial charge in [-0.2, -0.15) is 0 Å². The molecule has 6 heteroatoms. The van der Waals surface area contributed by atoms with Crippen LogP contribution in [0.5, 0.6) is 5.75 Å². The minimum Gasteiger partial charge on any atom is -0.497 e. The van der Waals surface area contributed by atoms with E-state index in [1.54, 1.807) is 12.0 Å². The lowest BCUT2D eigenvalue weighted by molar-refractivity contribution is -0.146. The molecule has 1 N–H and O–H groups in total. The number of methoxy groups -OCH3 is 1. The lowest BCUT2D eigenvalue weighted by Gasteiger charge is -2.32. The minimum atomic E-state index is -0.654. The van der Waals surface area contributed by atoms with Gasteiger partial charge in [-0.25, -0.2) is 0 Å². The number of nitrogens with zero attached hydrogens (tertiary/aromatic N) is 1. The molecular weight excluding hydrogens is 332 g/mol. The van der Waals surface area contributed by atoms with E-state index >= 15 is 0 Å². The van der Waals surface area contributed by atoms with Crippen LogP contribution < -0.4 is 10.1 Å². The summed E-state index contributed by atoms with van der Waals surface area (Å²) < 4.78 is 10.8. The van der Waals surface area contributed by atoms with Crippen LogP contribution >= 0.6 is 0 Å².